The van der Waals surface area contributed by atoms with Crippen molar-refractivity contribution < 1.29 is 9.53 Å². The van der Waals surface area contributed by atoms with E-state index >= 15 is 0 Å². The summed E-state index contributed by atoms with van der Waals surface area (Å²) in [5, 5.41) is 7.08. The summed E-state index contributed by atoms with van der Waals surface area (Å²) in [6, 6.07) is 5.58. The van der Waals surface area contributed by atoms with E-state index in [1.54, 1.807) is 24.8 Å². The van der Waals surface area contributed by atoms with Crippen molar-refractivity contribution in [1.29, 1.82) is 0 Å². The van der Waals surface area contributed by atoms with Crippen LogP contribution in [0.15, 0.2) is 43.0 Å². The zero-order chi connectivity index (χ0) is 21.1. The van der Waals surface area contributed by atoms with Gasteiger partial charge in [0.05, 0.1) is 17.3 Å². The molecule has 0 spiro atoms. The Hall–Kier alpha value is -3.29. The van der Waals surface area contributed by atoms with E-state index in [0.29, 0.717) is 18.2 Å². The second-order valence-corrected chi connectivity index (χ2v) is 8.39. The molecule has 1 amide bonds. The van der Waals surface area contributed by atoms with Crippen LogP contribution in [-0.2, 0) is 4.74 Å². The van der Waals surface area contributed by atoms with Crippen LogP contribution >= 0.6 is 0 Å². The van der Waals surface area contributed by atoms with Gasteiger partial charge < -0.3 is 15.4 Å². The third kappa shape index (κ3) is 5.60. The van der Waals surface area contributed by atoms with Gasteiger partial charge in [-0.15, -0.1) is 0 Å². The molecule has 0 aliphatic heterocycles. The summed E-state index contributed by atoms with van der Waals surface area (Å²) in [6.45, 7) is 9.80. The summed E-state index contributed by atoms with van der Waals surface area (Å²) in [7, 11) is 0. The van der Waals surface area contributed by atoms with Crippen LogP contribution in [0, 0.1) is 0 Å². The number of rotatable bonds is 5. The number of fused-ring (bicyclic) bond motifs is 1. The zero-order valence-electron chi connectivity index (χ0n) is 17.4. The first-order valence-electron chi connectivity index (χ1n) is 9.40. The Bertz CT molecular complexity index is 999. The van der Waals surface area contributed by atoms with Gasteiger partial charge in [0.15, 0.2) is 5.82 Å². The fraction of sp³-hybridized carbons (Fsp3) is 0.381. The van der Waals surface area contributed by atoms with Gasteiger partial charge in [0.25, 0.3) is 0 Å². The Morgan fingerprint density at radius 2 is 1.69 bits per heavy atom. The first-order valence-corrected chi connectivity index (χ1v) is 9.40. The highest BCUT2D eigenvalue weighted by Crippen LogP contribution is 2.26. The molecule has 0 atom stereocenters. The van der Waals surface area contributed by atoms with Crippen molar-refractivity contribution in [3.63, 3.8) is 0 Å². The van der Waals surface area contributed by atoms with Gasteiger partial charge in [-0.05, 0) is 52.8 Å². The molecular formula is C21H26N6O2. The largest absolute Gasteiger partial charge is 0.444 e. The SMILES string of the molecule is CC(C)(CNC(=O)OC(C)(C)C)Nc1nc(-c2ccncc2)nc2cnccc12. The molecule has 3 heterocycles. The number of carbonyl (C=O) groups excluding carboxylic acids is 1. The third-order valence-corrected chi connectivity index (χ3v) is 3.97. The van der Waals surface area contributed by atoms with Crippen molar-refractivity contribution in [2.75, 3.05) is 11.9 Å². The Kier molecular flexibility index (Phi) is 5.63. The predicted octanol–water partition coefficient (Wildman–Crippen LogP) is 3.80. The van der Waals surface area contributed by atoms with E-state index in [9.17, 15) is 4.79 Å². The Morgan fingerprint density at radius 1 is 1.00 bits per heavy atom. The van der Waals surface area contributed by atoms with Gasteiger partial charge >= 0.3 is 6.09 Å². The normalized spacial score (nSPS) is 11.9. The number of nitrogens with zero attached hydrogens (tertiary/aromatic N) is 4. The minimum atomic E-state index is -0.545. The standard InChI is InChI=1S/C21H26N6O2/c1-20(2,3)29-19(28)24-13-21(4,5)27-18-15-8-11-23-12-16(15)25-17(26-18)14-6-9-22-10-7-14/h6-12H,13H2,1-5H3,(H,24,28)(H,25,26,27). The molecule has 0 fully saturated rings. The molecule has 8 heteroatoms. The molecule has 29 heavy (non-hydrogen) atoms. The molecule has 0 saturated heterocycles. The molecule has 0 aliphatic carbocycles. The maximum atomic E-state index is 12.0. The molecule has 0 radical (unpaired) electrons. The number of aromatic nitrogens is 4. The molecule has 0 saturated carbocycles. The molecule has 152 valence electrons. The van der Waals surface area contributed by atoms with E-state index in [-0.39, 0.29) is 0 Å². The highest BCUT2D eigenvalue weighted by Gasteiger charge is 2.23. The van der Waals surface area contributed by atoms with Crippen molar-refractivity contribution in [1.82, 2.24) is 25.3 Å². The van der Waals surface area contributed by atoms with E-state index in [2.05, 4.69) is 25.6 Å². The molecular weight excluding hydrogens is 368 g/mol. The molecule has 0 aromatic carbocycles. The monoisotopic (exact) mass is 394 g/mol. The molecule has 3 rings (SSSR count). The van der Waals surface area contributed by atoms with Crippen LogP contribution < -0.4 is 10.6 Å². The van der Waals surface area contributed by atoms with E-state index in [4.69, 9.17) is 9.72 Å². The average molecular weight is 394 g/mol. The van der Waals surface area contributed by atoms with Crippen molar-refractivity contribution in [2.24, 2.45) is 0 Å². The van der Waals surface area contributed by atoms with Gasteiger partial charge in [0, 0.05) is 36.1 Å². The van der Waals surface area contributed by atoms with Crippen LogP contribution in [0.25, 0.3) is 22.3 Å². The minimum Gasteiger partial charge on any atom is -0.444 e. The number of carbonyl (C=O) groups is 1. The fourth-order valence-corrected chi connectivity index (χ4v) is 2.68. The highest BCUT2D eigenvalue weighted by molar-refractivity contribution is 5.90. The van der Waals surface area contributed by atoms with Crippen LogP contribution in [0.5, 0.6) is 0 Å². The second-order valence-electron chi connectivity index (χ2n) is 8.39. The first-order chi connectivity index (χ1) is 13.6. The molecule has 2 N–H and O–H groups in total. The van der Waals surface area contributed by atoms with Gasteiger partial charge in [-0.25, -0.2) is 14.8 Å². The maximum absolute atomic E-state index is 12.0. The molecule has 3 aromatic rings. The quantitative estimate of drug-likeness (QED) is 0.678. The van der Waals surface area contributed by atoms with Crippen LogP contribution in [0.1, 0.15) is 34.6 Å². The van der Waals surface area contributed by atoms with E-state index < -0.39 is 17.2 Å². The van der Waals surface area contributed by atoms with Gasteiger partial charge in [-0.3, -0.25) is 9.97 Å². The molecule has 0 aliphatic rings. The summed E-state index contributed by atoms with van der Waals surface area (Å²) < 4.78 is 5.31. The van der Waals surface area contributed by atoms with Gasteiger partial charge in [0.2, 0.25) is 0 Å². The van der Waals surface area contributed by atoms with Crippen molar-refractivity contribution in [3.8, 4) is 11.4 Å². The first kappa shape index (κ1) is 20.4. The van der Waals surface area contributed by atoms with E-state index in [1.165, 1.54) is 0 Å². The Labute approximate surface area is 170 Å². The van der Waals surface area contributed by atoms with Gasteiger partial charge in [0.1, 0.15) is 11.4 Å². The van der Waals surface area contributed by atoms with Crippen molar-refractivity contribution in [2.45, 2.75) is 45.8 Å². The molecule has 8 nitrogen and oxygen atoms in total. The smallest absolute Gasteiger partial charge is 0.407 e. The Morgan fingerprint density at radius 3 is 2.38 bits per heavy atom. The second kappa shape index (κ2) is 7.98. The van der Waals surface area contributed by atoms with Crippen molar-refractivity contribution in [3.05, 3.63) is 43.0 Å². The minimum absolute atomic E-state index is 0.350. The van der Waals surface area contributed by atoms with E-state index in [0.717, 1.165) is 16.5 Å². The number of pyridine rings is 2. The number of hydrogen-bond acceptors (Lipinski definition) is 7. The number of nitrogens with one attached hydrogen (secondary N) is 2. The average Bonchev–Trinajstić information content (AvgIpc) is 2.65. The lowest BCUT2D eigenvalue weighted by Gasteiger charge is -2.29. The summed E-state index contributed by atoms with van der Waals surface area (Å²) >= 11 is 0. The van der Waals surface area contributed by atoms with Crippen LogP contribution in [-0.4, -0.2) is 43.7 Å². The predicted molar refractivity (Wildman–Crippen MR) is 113 cm³/mol. The zero-order valence-corrected chi connectivity index (χ0v) is 17.4. The van der Waals surface area contributed by atoms with Crippen LogP contribution in [0.2, 0.25) is 0 Å². The summed E-state index contributed by atoms with van der Waals surface area (Å²) in [5.41, 5.74) is 0.555. The van der Waals surface area contributed by atoms with Crippen molar-refractivity contribution >= 4 is 22.8 Å². The molecule has 0 bridgehead atoms. The van der Waals surface area contributed by atoms with Gasteiger partial charge in [-0.2, -0.15) is 0 Å². The number of ether oxygens (including phenoxy) is 1. The van der Waals surface area contributed by atoms with E-state index in [1.807, 2.05) is 52.8 Å². The van der Waals surface area contributed by atoms with Crippen LogP contribution in [0.3, 0.4) is 0 Å². The fourth-order valence-electron chi connectivity index (χ4n) is 2.68. The Balaban J connectivity index is 1.85. The van der Waals surface area contributed by atoms with Gasteiger partial charge in [-0.1, -0.05) is 0 Å². The summed E-state index contributed by atoms with van der Waals surface area (Å²) in [6.07, 6.45) is 6.36. The van der Waals surface area contributed by atoms with Crippen LogP contribution in [0.4, 0.5) is 10.6 Å². The lowest BCUT2D eigenvalue weighted by atomic mass is 10.1. The number of hydrogen-bond donors (Lipinski definition) is 2. The topological polar surface area (TPSA) is 102 Å². The third-order valence-electron chi connectivity index (χ3n) is 3.97. The number of anilines is 1. The number of amides is 1. The maximum Gasteiger partial charge on any atom is 0.407 e. The number of alkyl carbamates (subject to hydrolysis) is 1. The summed E-state index contributed by atoms with van der Waals surface area (Å²) in [5.74, 6) is 1.24. The molecule has 0 unspecified atom stereocenters. The lowest BCUT2D eigenvalue weighted by Crippen LogP contribution is -2.45. The summed E-state index contributed by atoms with van der Waals surface area (Å²) in [4.78, 5) is 29.6. The lowest BCUT2D eigenvalue weighted by molar-refractivity contribution is 0.0520. The molecule has 3 aromatic heterocycles. The highest BCUT2D eigenvalue weighted by atomic mass is 16.6.